The molecular weight excluding hydrogens is 273 g/mol. The fourth-order valence-electron chi connectivity index (χ4n) is 1.89. The molecule has 0 bridgehead atoms. The Bertz CT molecular complexity index is 624. The summed E-state index contributed by atoms with van der Waals surface area (Å²) in [6.07, 6.45) is 1.49. The lowest BCUT2D eigenvalue weighted by atomic mass is 10.3. The minimum atomic E-state index is 0.120. The second kappa shape index (κ2) is 7.08. The van der Waals surface area contributed by atoms with Crippen molar-refractivity contribution in [2.24, 2.45) is 5.73 Å². The third-order valence-electron chi connectivity index (χ3n) is 3.07. The van der Waals surface area contributed by atoms with Gasteiger partial charge in [0.05, 0.1) is 6.33 Å². The number of nitrogens with two attached hydrogens (primary N) is 1. The fraction of sp³-hybridized carbons (Fsp3) is 0.400. The smallest absolute Gasteiger partial charge is 0.298 e. The van der Waals surface area contributed by atoms with Crippen LogP contribution in [0.5, 0.6) is 5.75 Å². The quantitative estimate of drug-likeness (QED) is 0.850. The van der Waals surface area contributed by atoms with Crippen LogP contribution in [-0.4, -0.2) is 31.7 Å². The van der Waals surface area contributed by atoms with Gasteiger partial charge in [-0.1, -0.05) is 6.92 Å². The molecule has 1 aromatic carbocycles. The number of rotatable bonds is 7. The molecule has 0 amide bonds. The Hall–Kier alpha value is -2.08. The summed E-state index contributed by atoms with van der Waals surface area (Å²) < 4.78 is 23.6. The van der Waals surface area contributed by atoms with Crippen molar-refractivity contribution in [2.45, 2.75) is 13.3 Å². The number of nitrogens with zero attached hydrogens (tertiary/aromatic N) is 2. The van der Waals surface area contributed by atoms with E-state index < -0.39 is 0 Å². The fourth-order valence-corrected chi connectivity index (χ4v) is 1.89. The highest BCUT2D eigenvalue weighted by molar-refractivity contribution is 5.76. The molecule has 1 aromatic heterocycles. The number of ether oxygens (including phenoxy) is 1. The lowest BCUT2D eigenvalue weighted by molar-refractivity contribution is 0.347. The van der Waals surface area contributed by atoms with E-state index in [-0.39, 0.29) is 13.2 Å². The van der Waals surface area contributed by atoms with Crippen LogP contribution in [0.25, 0.3) is 11.1 Å². The molecule has 2 aromatic rings. The van der Waals surface area contributed by atoms with Gasteiger partial charge in [-0.2, -0.15) is 4.98 Å². The van der Waals surface area contributed by atoms with E-state index in [1.807, 2.05) is 18.0 Å². The van der Waals surface area contributed by atoms with Gasteiger partial charge in [0, 0.05) is 31.8 Å². The molecule has 114 valence electrons. The first-order valence-electron chi connectivity index (χ1n) is 6.90. The minimum absolute atomic E-state index is 0.120. The maximum absolute atomic E-state index is 12.4. The Morgan fingerprint density at radius 3 is 3.00 bits per heavy atom. The van der Waals surface area contributed by atoms with Crippen molar-refractivity contribution in [3.63, 3.8) is 0 Å². The van der Waals surface area contributed by atoms with Crippen molar-refractivity contribution >= 4 is 17.1 Å². The highest BCUT2D eigenvalue weighted by Crippen LogP contribution is 2.25. The molecule has 6 heteroatoms. The lowest BCUT2D eigenvalue weighted by Gasteiger charge is -2.11. The number of hydrogen-bond donors (Lipinski definition) is 1. The van der Waals surface area contributed by atoms with E-state index in [9.17, 15) is 4.39 Å². The minimum Gasteiger partial charge on any atom is -0.489 e. The molecule has 0 saturated heterocycles. The predicted octanol–water partition coefficient (Wildman–Crippen LogP) is 2.86. The van der Waals surface area contributed by atoms with Crippen molar-refractivity contribution in [3.8, 4) is 5.75 Å². The van der Waals surface area contributed by atoms with Crippen LogP contribution in [-0.2, 0) is 0 Å². The average molecular weight is 293 g/mol. The molecule has 0 aliphatic heterocycles. The van der Waals surface area contributed by atoms with Gasteiger partial charge in [-0.05, 0) is 18.6 Å². The lowest BCUT2D eigenvalue weighted by Crippen LogP contribution is -2.17. The van der Waals surface area contributed by atoms with Gasteiger partial charge in [0.15, 0.2) is 5.58 Å². The number of fused-ring (bicyclic) bond motifs is 1. The molecule has 0 saturated carbocycles. The Balaban J connectivity index is 2.14. The summed E-state index contributed by atoms with van der Waals surface area (Å²) in [4.78, 5) is 6.37. The normalized spacial score (nSPS) is 11.9. The number of anilines is 1. The summed E-state index contributed by atoms with van der Waals surface area (Å²) in [7, 11) is 1.94. The van der Waals surface area contributed by atoms with Crippen molar-refractivity contribution in [2.75, 3.05) is 31.6 Å². The second-order valence-corrected chi connectivity index (χ2v) is 4.81. The maximum atomic E-state index is 12.4. The third kappa shape index (κ3) is 3.72. The number of halogens is 1. The highest BCUT2D eigenvalue weighted by Gasteiger charge is 2.10. The molecule has 0 aliphatic rings. The van der Waals surface area contributed by atoms with Gasteiger partial charge in [-0.3, -0.25) is 0 Å². The van der Waals surface area contributed by atoms with E-state index in [1.165, 1.54) is 0 Å². The first kappa shape index (κ1) is 15.3. The summed E-state index contributed by atoms with van der Waals surface area (Å²) >= 11 is 0. The number of benzene rings is 1. The molecule has 2 N–H and O–H groups in total. The predicted molar refractivity (Wildman–Crippen MR) is 81.3 cm³/mol. The van der Waals surface area contributed by atoms with Crippen LogP contribution >= 0.6 is 0 Å². The first-order valence-corrected chi connectivity index (χ1v) is 6.90. The van der Waals surface area contributed by atoms with Gasteiger partial charge >= 0.3 is 0 Å². The number of hydrogen-bond acceptors (Lipinski definition) is 5. The Labute approximate surface area is 123 Å². The van der Waals surface area contributed by atoms with Crippen LogP contribution in [0.4, 0.5) is 10.4 Å². The Morgan fingerprint density at radius 1 is 1.52 bits per heavy atom. The van der Waals surface area contributed by atoms with Crippen molar-refractivity contribution in [1.29, 1.82) is 0 Å². The average Bonchev–Trinajstić information content (AvgIpc) is 2.92. The van der Waals surface area contributed by atoms with E-state index >= 15 is 0 Å². The van der Waals surface area contributed by atoms with Crippen LogP contribution in [0.15, 0.2) is 34.5 Å². The largest absolute Gasteiger partial charge is 0.489 e. The van der Waals surface area contributed by atoms with Crippen LogP contribution in [0.2, 0.25) is 0 Å². The van der Waals surface area contributed by atoms with Crippen LogP contribution < -0.4 is 15.4 Å². The molecule has 0 aliphatic carbocycles. The molecular formula is C15H20FN3O2. The second-order valence-electron chi connectivity index (χ2n) is 4.81. The Kier molecular flexibility index (Phi) is 5.16. The van der Waals surface area contributed by atoms with Crippen molar-refractivity contribution in [3.05, 3.63) is 30.1 Å². The zero-order valence-corrected chi connectivity index (χ0v) is 12.3. The van der Waals surface area contributed by atoms with E-state index in [0.29, 0.717) is 29.3 Å². The van der Waals surface area contributed by atoms with Gasteiger partial charge in [-0.25, -0.2) is 4.39 Å². The van der Waals surface area contributed by atoms with E-state index in [1.54, 1.807) is 12.1 Å². The summed E-state index contributed by atoms with van der Waals surface area (Å²) in [5.41, 5.74) is 7.19. The molecule has 1 heterocycles. The van der Waals surface area contributed by atoms with E-state index in [2.05, 4.69) is 11.9 Å². The van der Waals surface area contributed by atoms with E-state index in [0.717, 1.165) is 18.5 Å². The molecule has 2 rings (SSSR count). The topological polar surface area (TPSA) is 64.5 Å². The van der Waals surface area contributed by atoms with Gasteiger partial charge in [-0.15, -0.1) is 0 Å². The maximum Gasteiger partial charge on any atom is 0.298 e. The first-order chi connectivity index (χ1) is 10.2. The van der Waals surface area contributed by atoms with Crippen molar-refractivity contribution in [1.82, 2.24) is 4.98 Å². The zero-order valence-electron chi connectivity index (χ0n) is 12.3. The molecule has 21 heavy (non-hydrogen) atoms. The third-order valence-corrected chi connectivity index (χ3v) is 3.07. The van der Waals surface area contributed by atoms with Gasteiger partial charge < -0.3 is 19.8 Å². The van der Waals surface area contributed by atoms with Gasteiger partial charge in [0.1, 0.15) is 17.9 Å². The molecule has 0 spiro atoms. The summed E-state index contributed by atoms with van der Waals surface area (Å²) in [5.74, 6) is 0.594. The summed E-state index contributed by atoms with van der Waals surface area (Å²) in [5, 5.41) is 0. The Morgan fingerprint density at radius 2 is 2.33 bits per heavy atom. The molecule has 0 unspecified atom stereocenters. The zero-order chi connectivity index (χ0) is 15.2. The van der Waals surface area contributed by atoms with Crippen LogP contribution in [0.3, 0.4) is 0 Å². The standard InChI is InChI=1S/C15H20FN3O2/c1-3-6-19(2)15-18-13-5-4-12(7-14(13)21-15)20-10-11(8-16)9-17/h4-5,7-8H,3,6,9-10,17H2,1-2H3. The van der Waals surface area contributed by atoms with Crippen LogP contribution in [0, 0.1) is 0 Å². The van der Waals surface area contributed by atoms with Gasteiger partial charge in [0.25, 0.3) is 6.01 Å². The molecule has 0 fully saturated rings. The van der Waals surface area contributed by atoms with E-state index in [4.69, 9.17) is 14.9 Å². The SMILES string of the molecule is CCCN(C)c1nc2ccc(OCC(=CF)CN)cc2o1. The molecule has 5 nitrogen and oxygen atoms in total. The van der Waals surface area contributed by atoms with Crippen LogP contribution in [0.1, 0.15) is 13.3 Å². The highest BCUT2D eigenvalue weighted by atomic mass is 19.1. The van der Waals surface area contributed by atoms with Gasteiger partial charge in [0.2, 0.25) is 0 Å². The number of aromatic nitrogens is 1. The molecule has 0 atom stereocenters. The van der Waals surface area contributed by atoms with Crippen molar-refractivity contribution < 1.29 is 13.5 Å². The summed E-state index contributed by atoms with van der Waals surface area (Å²) in [6.45, 7) is 3.22. The molecule has 0 radical (unpaired) electrons. The monoisotopic (exact) mass is 293 g/mol. The number of oxazole rings is 1. The summed E-state index contributed by atoms with van der Waals surface area (Å²) in [6, 6.07) is 5.92.